The molecule has 0 saturated carbocycles. The van der Waals surface area contributed by atoms with Crippen molar-refractivity contribution in [2.75, 3.05) is 11.9 Å². The van der Waals surface area contributed by atoms with Crippen LogP contribution in [0.1, 0.15) is 44.6 Å². The molecule has 3 aromatic carbocycles. The normalized spacial score (nSPS) is 19.4. The first kappa shape index (κ1) is 29.9. The topological polar surface area (TPSA) is 169 Å². The van der Waals surface area contributed by atoms with Gasteiger partial charge < -0.3 is 30.1 Å². The van der Waals surface area contributed by atoms with Crippen molar-refractivity contribution < 1.29 is 34.4 Å². The summed E-state index contributed by atoms with van der Waals surface area (Å²) in [5.74, 6) is -0.564. The Kier molecular flexibility index (Phi) is 8.52. The number of hydrogen-bond acceptors (Lipinski definition) is 10. The molecule has 0 radical (unpaired) electrons. The summed E-state index contributed by atoms with van der Waals surface area (Å²) in [4.78, 5) is 37.7. The zero-order valence-corrected chi connectivity index (χ0v) is 24.3. The number of nitrogens with one attached hydrogen (secondary N) is 1. The molecule has 0 bridgehead atoms. The molecule has 1 saturated heterocycles. The maximum Gasteiger partial charge on any atom is 0.336 e. The van der Waals surface area contributed by atoms with Crippen molar-refractivity contribution in [1.29, 1.82) is 0 Å². The fraction of sp³-hybridized carbons (Fsp3) is 0.242. The molecule has 12 heteroatoms. The van der Waals surface area contributed by atoms with E-state index in [1.807, 2.05) is 43.3 Å². The Morgan fingerprint density at radius 3 is 2.49 bits per heavy atom. The number of aromatic nitrogens is 4. The van der Waals surface area contributed by atoms with E-state index in [1.54, 1.807) is 34.9 Å². The molecular formula is C33H31N5O7. The summed E-state index contributed by atoms with van der Waals surface area (Å²) in [7, 11) is 0. The van der Waals surface area contributed by atoms with Gasteiger partial charge in [0, 0.05) is 17.7 Å². The smallest absolute Gasteiger partial charge is 0.336 e. The first-order valence-corrected chi connectivity index (χ1v) is 14.4. The van der Waals surface area contributed by atoms with Gasteiger partial charge in [-0.2, -0.15) is 4.98 Å². The lowest BCUT2D eigenvalue weighted by Crippen LogP contribution is -2.34. The van der Waals surface area contributed by atoms with Crippen molar-refractivity contribution in [3.05, 3.63) is 108 Å². The predicted octanol–water partition coefficient (Wildman–Crippen LogP) is 4.09. The quantitative estimate of drug-likeness (QED) is 0.159. The van der Waals surface area contributed by atoms with Gasteiger partial charge in [-0.3, -0.25) is 9.36 Å². The number of carbonyl (C=O) groups is 2. The van der Waals surface area contributed by atoms with Crippen LogP contribution < -0.4 is 10.1 Å². The van der Waals surface area contributed by atoms with E-state index < -0.39 is 30.5 Å². The summed E-state index contributed by atoms with van der Waals surface area (Å²) in [5.41, 5.74) is 3.40. The van der Waals surface area contributed by atoms with Gasteiger partial charge in [0.05, 0.1) is 17.6 Å². The number of Topliss-reactive ketones (excluding diaryl/α,β-unsaturated/α-hetero) is 1. The second kappa shape index (κ2) is 12.8. The number of para-hydroxylation sites is 1. The average molecular weight is 610 g/mol. The Morgan fingerprint density at radius 2 is 1.71 bits per heavy atom. The highest BCUT2D eigenvalue weighted by molar-refractivity contribution is 6.05. The van der Waals surface area contributed by atoms with Crippen LogP contribution in [0.25, 0.3) is 11.2 Å². The molecule has 0 amide bonds. The Bertz CT molecular complexity index is 1840. The summed E-state index contributed by atoms with van der Waals surface area (Å²) in [6.45, 7) is 1.76. The van der Waals surface area contributed by atoms with Gasteiger partial charge in [-0.25, -0.2) is 14.8 Å². The zero-order chi connectivity index (χ0) is 31.5. The van der Waals surface area contributed by atoms with Crippen LogP contribution in [0.4, 0.5) is 11.6 Å². The number of benzene rings is 3. The highest BCUT2D eigenvalue weighted by atomic mass is 16.6. The van der Waals surface area contributed by atoms with Crippen LogP contribution in [0.15, 0.2) is 85.2 Å². The zero-order valence-electron chi connectivity index (χ0n) is 24.3. The molecule has 6 rings (SSSR count). The Labute approximate surface area is 257 Å². The second-order valence-electron chi connectivity index (χ2n) is 10.7. The first-order valence-electron chi connectivity index (χ1n) is 14.4. The van der Waals surface area contributed by atoms with Gasteiger partial charge in [0.25, 0.3) is 0 Å². The van der Waals surface area contributed by atoms with Gasteiger partial charge in [0.1, 0.15) is 36.2 Å². The summed E-state index contributed by atoms with van der Waals surface area (Å²) in [6, 6.07) is 22.8. The summed E-state index contributed by atoms with van der Waals surface area (Å²) < 4.78 is 13.6. The van der Waals surface area contributed by atoms with Crippen LogP contribution in [0.5, 0.6) is 5.75 Å². The molecule has 3 heterocycles. The summed E-state index contributed by atoms with van der Waals surface area (Å²) in [6.07, 6.45) is -2.34. The Hall–Kier alpha value is -5.17. The molecule has 230 valence electrons. The van der Waals surface area contributed by atoms with E-state index in [4.69, 9.17) is 9.47 Å². The van der Waals surface area contributed by atoms with Crippen LogP contribution in [-0.2, 0) is 11.2 Å². The molecule has 2 aromatic heterocycles. The van der Waals surface area contributed by atoms with E-state index in [1.165, 1.54) is 18.5 Å². The van der Waals surface area contributed by atoms with Crippen molar-refractivity contribution in [2.45, 2.75) is 44.3 Å². The number of imidazole rings is 1. The molecule has 45 heavy (non-hydrogen) atoms. The van der Waals surface area contributed by atoms with Gasteiger partial charge in [-0.15, -0.1) is 0 Å². The number of ketones is 1. The third-order valence-corrected chi connectivity index (χ3v) is 7.65. The highest BCUT2D eigenvalue weighted by Gasteiger charge is 2.44. The van der Waals surface area contributed by atoms with Crippen molar-refractivity contribution in [1.82, 2.24) is 19.5 Å². The molecule has 0 unspecified atom stereocenters. The number of hydrogen-bond donors (Lipinski definition) is 4. The molecule has 1 fully saturated rings. The fourth-order valence-electron chi connectivity index (χ4n) is 5.32. The van der Waals surface area contributed by atoms with Crippen molar-refractivity contribution in [3.8, 4) is 5.75 Å². The lowest BCUT2D eigenvalue weighted by Gasteiger charge is -2.17. The number of aryl methyl sites for hydroxylation is 2. The standard InChI is InChI=1S/C33H31N5O7/c1-19-27-30(37-33(35-19)36-21-9-3-2-4-10-21)38(18-34-27)31-29(41)28(40)26(45-31)17-44-22-11-7-8-20(16-22)14-15-25(39)23-12-5-6-13-24(23)32(42)43/h2-13,16,18,26,28-29,31,40-41H,14-15,17H2,1H3,(H,42,43)(H,35,36,37)/t26-,28-,29-,31-/m1/s1. The molecule has 1 aliphatic heterocycles. The monoisotopic (exact) mass is 609 g/mol. The number of nitrogens with zero attached hydrogens (tertiary/aromatic N) is 4. The molecule has 1 aliphatic rings. The fourth-order valence-corrected chi connectivity index (χ4v) is 5.32. The van der Waals surface area contributed by atoms with Gasteiger partial charge in [-0.05, 0) is 49.2 Å². The van der Waals surface area contributed by atoms with Gasteiger partial charge in [-0.1, -0.05) is 48.5 Å². The minimum absolute atomic E-state index is 0.0224. The van der Waals surface area contributed by atoms with Gasteiger partial charge in [0.15, 0.2) is 17.7 Å². The molecule has 0 spiro atoms. The largest absolute Gasteiger partial charge is 0.491 e. The SMILES string of the molecule is Cc1nc(Nc2ccccc2)nc2c1ncn2[C@@H]1O[C@H](COc2cccc(CCC(=O)c3ccccc3C(=O)O)c2)[C@@H](O)[C@H]1O. The number of carboxylic acids is 1. The Balaban J connectivity index is 1.11. The minimum Gasteiger partial charge on any atom is -0.491 e. The van der Waals surface area contributed by atoms with Crippen molar-refractivity contribution >= 4 is 34.6 Å². The lowest BCUT2D eigenvalue weighted by atomic mass is 9.98. The first-order chi connectivity index (χ1) is 21.8. The van der Waals surface area contributed by atoms with E-state index in [9.17, 15) is 24.9 Å². The van der Waals surface area contributed by atoms with Crippen LogP contribution >= 0.6 is 0 Å². The molecule has 0 aliphatic carbocycles. The van der Waals surface area contributed by atoms with E-state index in [0.717, 1.165) is 11.3 Å². The van der Waals surface area contributed by atoms with Crippen LogP contribution in [0, 0.1) is 6.92 Å². The molecular weight excluding hydrogens is 578 g/mol. The average Bonchev–Trinajstić information content (AvgIpc) is 3.59. The number of fused-ring (bicyclic) bond motifs is 1. The third kappa shape index (κ3) is 6.38. The Morgan fingerprint density at radius 1 is 0.956 bits per heavy atom. The minimum atomic E-state index is -1.28. The highest BCUT2D eigenvalue weighted by Crippen LogP contribution is 2.33. The lowest BCUT2D eigenvalue weighted by molar-refractivity contribution is -0.0474. The van der Waals surface area contributed by atoms with E-state index in [2.05, 4.69) is 20.3 Å². The number of anilines is 2. The number of aliphatic hydroxyl groups is 2. The maximum atomic E-state index is 12.7. The maximum absolute atomic E-state index is 12.7. The van der Waals surface area contributed by atoms with Crippen LogP contribution in [-0.4, -0.2) is 71.5 Å². The number of aromatic carboxylic acids is 1. The number of carboxylic acid groups (broad SMARTS) is 1. The van der Waals surface area contributed by atoms with Gasteiger partial charge >= 0.3 is 5.97 Å². The van der Waals surface area contributed by atoms with E-state index in [0.29, 0.717) is 35.0 Å². The van der Waals surface area contributed by atoms with E-state index in [-0.39, 0.29) is 29.9 Å². The number of rotatable bonds is 11. The molecule has 12 nitrogen and oxygen atoms in total. The molecule has 5 aromatic rings. The van der Waals surface area contributed by atoms with Crippen molar-refractivity contribution in [2.24, 2.45) is 0 Å². The predicted molar refractivity (Wildman–Crippen MR) is 164 cm³/mol. The number of carbonyl (C=O) groups excluding carboxylic acids is 1. The second-order valence-corrected chi connectivity index (χ2v) is 10.7. The van der Waals surface area contributed by atoms with Crippen LogP contribution in [0.2, 0.25) is 0 Å². The van der Waals surface area contributed by atoms with Crippen molar-refractivity contribution in [3.63, 3.8) is 0 Å². The van der Waals surface area contributed by atoms with Gasteiger partial charge in [0.2, 0.25) is 5.95 Å². The van der Waals surface area contributed by atoms with Crippen LogP contribution in [0.3, 0.4) is 0 Å². The third-order valence-electron chi connectivity index (χ3n) is 7.65. The number of aliphatic hydroxyl groups excluding tert-OH is 2. The molecule has 4 N–H and O–H groups in total. The summed E-state index contributed by atoms with van der Waals surface area (Å²) >= 11 is 0. The van der Waals surface area contributed by atoms with E-state index >= 15 is 0 Å². The summed E-state index contributed by atoms with van der Waals surface area (Å²) in [5, 5.41) is 34.3. The number of ether oxygens (including phenoxy) is 2. The molecule has 4 atom stereocenters.